The normalized spacial score (nSPS) is 12.2. The highest BCUT2D eigenvalue weighted by atomic mass is 19.4. The lowest BCUT2D eigenvalue weighted by atomic mass is 10.2. The Kier molecular flexibility index (Phi) is 2.79. The van der Waals surface area contributed by atoms with Crippen LogP contribution in [0.5, 0.6) is 0 Å². The van der Waals surface area contributed by atoms with Gasteiger partial charge in [0.2, 0.25) is 0 Å². The molecule has 0 unspecified atom stereocenters. The standard InChI is InChI=1S/C13H9F3N2O2/c14-13(15,16)8-3-4-11-17-12(10-2-1-5-20-10)9(7-19)18(11)6-8/h1-6,19H,7H2. The Bertz CT molecular complexity index is 745. The van der Waals surface area contributed by atoms with E-state index in [9.17, 15) is 18.3 Å². The Hall–Kier alpha value is -2.28. The Labute approximate surface area is 111 Å². The summed E-state index contributed by atoms with van der Waals surface area (Å²) in [6.45, 7) is -0.446. The van der Waals surface area contributed by atoms with E-state index in [1.54, 1.807) is 12.1 Å². The zero-order valence-corrected chi connectivity index (χ0v) is 10.1. The fraction of sp³-hybridized carbons (Fsp3) is 0.154. The fourth-order valence-corrected chi connectivity index (χ4v) is 2.02. The number of aliphatic hydroxyl groups excluding tert-OH is 1. The maximum absolute atomic E-state index is 12.7. The van der Waals surface area contributed by atoms with Gasteiger partial charge in [0.25, 0.3) is 0 Å². The third-order valence-corrected chi connectivity index (χ3v) is 2.95. The smallest absolute Gasteiger partial charge is 0.417 e. The number of nitrogens with zero attached hydrogens (tertiary/aromatic N) is 2. The van der Waals surface area contributed by atoms with Crippen molar-refractivity contribution < 1.29 is 22.7 Å². The lowest BCUT2D eigenvalue weighted by Crippen LogP contribution is -2.07. The first-order chi connectivity index (χ1) is 9.50. The highest BCUT2D eigenvalue weighted by Gasteiger charge is 2.31. The zero-order valence-electron chi connectivity index (χ0n) is 10.1. The number of aromatic nitrogens is 2. The second-order valence-corrected chi connectivity index (χ2v) is 4.19. The summed E-state index contributed by atoms with van der Waals surface area (Å²) in [6, 6.07) is 5.48. The number of fused-ring (bicyclic) bond motifs is 1. The van der Waals surface area contributed by atoms with Gasteiger partial charge in [-0.3, -0.25) is 0 Å². The third kappa shape index (κ3) is 1.96. The molecule has 1 N–H and O–H groups in total. The second kappa shape index (κ2) is 4.38. The lowest BCUT2D eigenvalue weighted by molar-refractivity contribution is -0.137. The number of furan rings is 1. The van der Waals surface area contributed by atoms with Gasteiger partial charge in [-0.15, -0.1) is 0 Å². The van der Waals surface area contributed by atoms with Crippen molar-refractivity contribution in [2.24, 2.45) is 0 Å². The van der Waals surface area contributed by atoms with Crippen LogP contribution in [0.15, 0.2) is 41.1 Å². The predicted molar refractivity (Wildman–Crippen MR) is 63.8 cm³/mol. The van der Waals surface area contributed by atoms with E-state index in [4.69, 9.17) is 4.42 Å². The van der Waals surface area contributed by atoms with Crippen molar-refractivity contribution in [2.75, 3.05) is 0 Å². The number of pyridine rings is 1. The van der Waals surface area contributed by atoms with Crippen LogP contribution in [-0.4, -0.2) is 14.5 Å². The van der Waals surface area contributed by atoms with E-state index in [1.807, 2.05) is 0 Å². The molecule has 4 nitrogen and oxygen atoms in total. The number of alkyl halides is 3. The molecule has 0 aliphatic carbocycles. The second-order valence-electron chi connectivity index (χ2n) is 4.19. The maximum Gasteiger partial charge on any atom is 0.417 e. The zero-order chi connectivity index (χ0) is 14.3. The number of hydrogen-bond acceptors (Lipinski definition) is 3. The van der Waals surface area contributed by atoms with Gasteiger partial charge in [-0.1, -0.05) is 0 Å². The summed E-state index contributed by atoms with van der Waals surface area (Å²) in [5.74, 6) is 0.395. The molecule has 0 spiro atoms. The van der Waals surface area contributed by atoms with Gasteiger partial charge in [0, 0.05) is 6.20 Å². The van der Waals surface area contributed by atoms with E-state index >= 15 is 0 Å². The molecule has 0 amide bonds. The van der Waals surface area contributed by atoms with Gasteiger partial charge in [0.15, 0.2) is 5.76 Å². The van der Waals surface area contributed by atoms with Gasteiger partial charge in [0.05, 0.1) is 24.1 Å². The van der Waals surface area contributed by atoms with Crippen molar-refractivity contribution in [2.45, 2.75) is 12.8 Å². The van der Waals surface area contributed by atoms with Crippen LogP contribution >= 0.6 is 0 Å². The Morgan fingerprint density at radius 1 is 1.25 bits per heavy atom. The van der Waals surface area contributed by atoms with Crippen LogP contribution in [0, 0.1) is 0 Å². The molecule has 0 aromatic carbocycles. The summed E-state index contributed by atoms with van der Waals surface area (Å²) in [7, 11) is 0. The van der Waals surface area contributed by atoms with Crippen molar-refractivity contribution >= 4 is 5.65 Å². The number of halogens is 3. The molecule has 3 heterocycles. The number of aliphatic hydroxyl groups is 1. The minimum atomic E-state index is -4.45. The number of rotatable bonds is 2. The molecular weight excluding hydrogens is 273 g/mol. The molecule has 0 radical (unpaired) electrons. The van der Waals surface area contributed by atoms with Crippen LogP contribution in [0.2, 0.25) is 0 Å². The van der Waals surface area contributed by atoms with Gasteiger partial charge in [-0.25, -0.2) is 4.98 Å². The average molecular weight is 282 g/mol. The monoisotopic (exact) mass is 282 g/mol. The quantitative estimate of drug-likeness (QED) is 0.785. The molecule has 3 rings (SSSR count). The van der Waals surface area contributed by atoms with Crippen LogP contribution in [0.1, 0.15) is 11.3 Å². The third-order valence-electron chi connectivity index (χ3n) is 2.95. The SMILES string of the molecule is OCc1c(-c2ccco2)nc2ccc(C(F)(F)F)cn12. The summed E-state index contributed by atoms with van der Waals surface area (Å²) < 4.78 is 44.6. The molecule has 0 fully saturated rings. The van der Waals surface area contributed by atoms with E-state index in [2.05, 4.69) is 4.98 Å². The van der Waals surface area contributed by atoms with Gasteiger partial charge < -0.3 is 13.9 Å². The predicted octanol–water partition coefficient (Wildman–Crippen LogP) is 3.11. The van der Waals surface area contributed by atoms with Gasteiger partial charge in [-0.2, -0.15) is 13.2 Å². The summed E-state index contributed by atoms with van der Waals surface area (Å²) in [5.41, 5.74) is 0.0921. The molecular formula is C13H9F3N2O2. The summed E-state index contributed by atoms with van der Waals surface area (Å²) in [5, 5.41) is 9.41. The van der Waals surface area contributed by atoms with Gasteiger partial charge in [0.1, 0.15) is 11.3 Å². The Morgan fingerprint density at radius 3 is 2.65 bits per heavy atom. The fourth-order valence-electron chi connectivity index (χ4n) is 2.02. The van der Waals surface area contributed by atoms with E-state index in [1.165, 1.54) is 16.7 Å². The van der Waals surface area contributed by atoms with Crippen LogP contribution in [0.3, 0.4) is 0 Å². The summed E-state index contributed by atoms with van der Waals surface area (Å²) >= 11 is 0. The Balaban J connectivity index is 2.25. The minimum absolute atomic E-state index is 0.251. The van der Waals surface area contributed by atoms with Crippen molar-refractivity contribution in [1.82, 2.24) is 9.38 Å². The van der Waals surface area contributed by atoms with Crippen LogP contribution in [-0.2, 0) is 12.8 Å². The van der Waals surface area contributed by atoms with E-state index in [0.717, 1.165) is 12.3 Å². The van der Waals surface area contributed by atoms with Crippen molar-refractivity contribution in [3.8, 4) is 11.5 Å². The van der Waals surface area contributed by atoms with Crippen molar-refractivity contribution in [1.29, 1.82) is 0 Å². The summed E-state index contributed by atoms with van der Waals surface area (Å²) in [4.78, 5) is 4.19. The minimum Gasteiger partial charge on any atom is -0.463 e. The van der Waals surface area contributed by atoms with Crippen molar-refractivity contribution in [3.05, 3.63) is 48.0 Å². The van der Waals surface area contributed by atoms with Crippen LogP contribution in [0.25, 0.3) is 17.1 Å². The first-order valence-electron chi connectivity index (χ1n) is 5.73. The highest BCUT2D eigenvalue weighted by Crippen LogP contribution is 2.31. The Morgan fingerprint density at radius 2 is 2.05 bits per heavy atom. The molecule has 104 valence electrons. The average Bonchev–Trinajstić information content (AvgIpc) is 3.03. The molecule has 0 aliphatic rings. The molecule has 3 aromatic heterocycles. The topological polar surface area (TPSA) is 50.7 Å². The molecule has 20 heavy (non-hydrogen) atoms. The van der Waals surface area contributed by atoms with E-state index in [0.29, 0.717) is 17.1 Å². The molecule has 0 bridgehead atoms. The highest BCUT2D eigenvalue weighted by molar-refractivity contribution is 5.62. The number of imidazole rings is 1. The van der Waals surface area contributed by atoms with E-state index in [-0.39, 0.29) is 5.69 Å². The first kappa shape index (κ1) is 12.7. The van der Waals surface area contributed by atoms with Gasteiger partial charge >= 0.3 is 6.18 Å². The number of hydrogen-bond donors (Lipinski definition) is 1. The van der Waals surface area contributed by atoms with Gasteiger partial charge in [-0.05, 0) is 24.3 Å². The van der Waals surface area contributed by atoms with Crippen LogP contribution < -0.4 is 0 Å². The lowest BCUT2D eigenvalue weighted by Gasteiger charge is -2.07. The molecule has 3 aromatic rings. The van der Waals surface area contributed by atoms with Crippen molar-refractivity contribution in [3.63, 3.8) is 0 Å². The molecule has 0 aliphatic heterocycles. The van der Waals surface area contributed by atoms with Crippen LogP contribution in [0.4, 0.5) is 13.2 Å². The first-order valence-corrected chi connectivity index (χ1v) is 5.73. The largest absolute Gasteiger partial charge is 0.463 e. The molecule has 0 saturated carbocycles. The summed E-state index contributed by atoms with van der Waals surface area (Å²) in [6.07, 6.45) is -2.10. The molecule has 7 heteroatoms. The maximum atomic E-state index is 12.7. The molecule has 0 atom stereocenters. The molecule has 0 saturated heterocycles. The van der Waals surface area contributed by atoms with E-state index < -0.39 is 18.3 Å².